The number of thiophene rings is 1. The molecule has 3 nitrogen and oxygen atoms in total. The molecule has 1 aromatic carbocycles. The molecule has 19 heavy (non-hydrogen) atoms. The molecule has 0 aliphatic carbocycles. The van der Waals surface area contributed by atoms with E-state index >= 15 is 0 Å². The SMILES string of the molecule is CCc1ccc(NC(N)=NCc2ccc(Br)s2)cc1. The highest BCUT2D eigenvalue weighted by Gasteiger charge is 1.98. The van der Waals surface area contributed by atoms with E-state index < -0.39 is 0 Å². The van der Waals surface area contributed by atoms with Crippen molar-refractivity contribution >= 4 is 38.9 Å². The van der Waals surface area contributed by atoms with Crippen molar-refractivity contribution in [3.63, 3.8) is 0 Å². The van der Waals surface area contributed by atoms with Crippen molar-refractivity contribution in [2.45, 2.75) is 19.9 Å². The molecule has 0 amide bonds. The number of rotatable bonds is 4. The summed E-state index contributed by atoms with van der Waals surface area (Å²) in [5, 5.41) is 3.09. The van der Waals surface area contributed by atoms with Gasteiger partial charge in [-0.15, -0.1) is 11.3 Å². The normalized spacial score (nSPS) is 11.6. The number of hydrogen-bond acceptors (Lipinski definition) is 2. The molecule has 0 spiro atoms. The first-order valence-electron chi connectivity index (χ1n) is 6.07. The number of benzene rings is 1. The first kappa shape index (κ1) is 14.1. The van der Waals surface area contributed by atoms with Crippen molar-refractivity contribution in [2.75, 3.05) is 5.32 Å². The highest BCUT2D eigenvalue weighted by molar-refractivity contribution is 9.11. The van der Waals surface area contributed by atoms with Gasteiger partial charge in [0.05, 0.1) is 10.3 Å². The zero-order valence-electron chi connectivity index (χ0n) is 10.7. The second-order valence-electron chi connectivity index (χ2n) is 4.08. The van der Waals surface area contributed by atoms with Crippen molar-refractivity contribution in [2.24, 2.45) is 10.7 Å². The number of nitrogens with one attached hydrogen (secondary N) is 1. The molecule has 0 atom stereocenters. The van der Waals surface area contributed by atoms with Crippen LogP contribution < -0.4 is 11.1 Å². The van der Waals surface area contributed by atoms with Gasteiger partial charge in [-0.2, -0.15) is 0 Å². The first-order valence-corrected chi connectivity index (χ1v) is 7.68. The van der Waals surface area contributed by atoms with Crippen molar-refractivity contribution in [1.82, 2.24) is 0 Å². The number of guanidine groups is 1. The molecule has 0 bridgehead atoms. The largest absolute Gasteiger partial charge is 0.370 e. The van der Waals surface area contributed by atoms with E-state index in [1.165, 1.54) is 10.4 Å². The molecule has 0 aliphatic heterocycles. The summed E-state index contributed by atoms with van der Waals surface area (Å²) in [5.41, 5.74) is 8.14. The zero-order valence-corrected chi connectivity index (χ0v) is 13.1. The van der Waals surface area contributed by atoms with Crippen LogP contribution >= 0.6 is 27.3 Å². The summed E-state index contributed by atoms with van der Waals surface area (Å²) in [7, 11) is 0. The maximum Gasteiger partial charge on any atom is 0.193 e. The summed E-state index contributed by atoms with van der Waals surface area (Å²) in [6.07, 6.45) is 1.04. The molecule has 2 aromatic rings. The fourth-order valence-electron chi connectivity index (χ4n) is 1.61. The molecular formula is C14H16BrN3S. The summed E-state index contributed by atoms with van der Waals surface area (Å²) in [4.78, 5) is 5.50. The van der Waals surface area contributed by atoms with Gasteiger partial charge in [-0.1, -0.05) is 19.1 Å². The predicted molar refractivity (Wildman–Crippen MR) is 86.8 cm³/mol. The van der Waals surface area contributed by atoms with Gasteiger partial charge in [0.2, 0.25) is 0 Å². The van der Waals surface area contributed by atoms with Gasteiger partial charge in [-0.05, 0) is 52.2 Å². The molecule has 0 saturated carbocycles. The molecule has 2 rings (SSSR count). The molecule has 0 saturated heterocycles. The Hall–Kier alpha value is -1.33. The second-order valence-corrected chi connectivity index (χ2v) is 6.63. The molecule has 0 radical (unpaired) electrons. The molecule has 0 fully saturated rings. The van der Waals surface area contributed by atoms with E-state index in [1.807, 2.05) is 24.3 Å². The summed E-state index contributed by atoms with van der Waals surface area (Å²) in [6.45, 7) is 2.74. The average Bonchev–Trinajstić information content (AvgIpc) is 2.83. The molecule has 1 aromatic heterocycles. The van der Waals surface area contributed by atoms with E-state index in [0.29, 0.717) is 12.5 Å². The maximum atomic E-state index is 5.86. The third-order valence-electron chi connectivity index (χ3n) is 2.67. The van der Waals surface area contributed by atoms with Crippen LogP contribution in [0.4, 0.5) is 5.69 Å². The van der Waals surface area contributed by atoms with Gasteiger partial charge < -0.3 is 11.1 Å². The Morgan fingerprint density at radius 2 is 2.00 bits per heavy atom. The molecule has 1 heterocycles. The Bertz CT molecular complexity index is 560. The standard InChI is InChI=1S/C14H16BrN3S/c1-2-10-3-5-11(6-4-10)18-14(16)17-9-12-7-8-13(15)19-12/h3-8H,2,9H2,1H3,(H3,16,17,18). The lowest BCUT2D eigenvalue weighted by molar-refractivity contribution is 1.09. The number of nitrogens with zero attached hydrogens (tertiary/aromatic N) is 1. The average molecular weight is 338 g/mol. The highest BCUT2D eigenvalue weighted by Crippen LogP contribution is 2.22. The predicted octanol–water partition coefficient (Wildman–Crippen LogP) is 4.00. The minimum atomic E-state index is 0.439. The van der Waals surface area contributed by atoms with Crippen molar-refractivity contribution < 1.29 is 0 Å². The van der Waals surface area contributed by atoms with Gasteiger partial charge in [0.25, 0.3) is 0 Å². The Balaban J connectivity index is 1.93. The van der Waals surface area contributed by atoms with E-state index in [0.717, 1.165) is 15.9 Å². The Labute approximate surface area is 125 Å². The highest BCUT2D eigenvalue weighted by atomic mass is 79.9. The van der Waals surface area contributed by atoms with E-state index in [-0.39, 0.29) is 0 Å². The molecule has 5 heteroatoms. The fourth-order valence-corrected chi connectivity index (χ4v) is 3.02. The quantitative estimate of drug-likeness (QED) is 0.654. The van der Waals surface area contributed by atoms with Crippen LogP contribution in [0.1, 0.15) is 17.4 Å². The first-order chi connectivity index (χ1) is 9.17. The number of halogens is 1. The van der Waals surface area contributed by atoms with E-state index in [4.69, 9.17) is 5.73 Å². The summed E-state index contributed by atoms with van der Waals surface area (Å²) in [5.74, 6) is 0.439. The van der Waals surface area contributed by atoms with Crippen LogP contribution in [0.2, 0.25) is 0 Å². The Morgan fingerprint density at radius 3 is 2.58 bits per heavy atom. The molecular weight excluding hydrogens is 322 g/mol. The van der Waals surface area contributed by atoms with Gasteiger partial charge in [-0.25, -0.2) is 4.99 Å². The van der Waals surface area contributed by atoms with Crippen LogP contribution in [0.15, 0.2) is 45.2 Å². The molecule has 100 valence electrons. The lowest BCUT2D eigenvalue weighted by Gasteiger charge is -2.06. The lowest BCUT2D eigenvalue weighted by atomic mass is 10.1. The van der Waals surface area contributed by atoms with Gasteiger partial charge in [0.15, 0.2) is 5.96 Å². The molecule has 0 aliphatic rings. The summed E-state index contributed by atoms with van der Waals surface area (Å²) >= 11 is 5.10. The number of aliphatic imine (C=N–C) groups is 1. The monoisotopic (exact) mass is 337 g/mol. The van der Waals surface area contributed by atoms with Crippen molar-refractivity contribution in [3.05, 3.63) is 50.6 Å². The van der Waals surface area contributed by atoms with Gasteiger partial charge in [-0.3, -0.25) is 0 Å². The smallest absolute Gasteiger partial charge is 0.193 e. The van der Waals surface area contributed by atoms with Crippen LogP contribution in [0.5, 0.6) is 0 Å². The molecule has 3 N–H and O–H groups in total. The van der Waals surface area contributed by atoms with Crippen LogP contribution in [-0.4, -0.2) is 5.96 Å². The lowest BCUT2D eigenvalue weighted by Crippen LogP contribution is -2.22. The zero-order chi connectivity index (χ0) is 13.7. The topological polar surface area (TPSA) is 50.4 Å². The van der Waals surface area contributed by atoms with E-state index in [2.05, 4.69) is 45.3 Å². The third kappa shape index (κ3) is 4.36. The van der Waals surface area contributed by atoms with Crippen molar-refractivity contribution in [3.8, 4) is 0 Å². The summed E-state index contributed by atoms with van der Waals surface area (Å²) < 4.78 is 1.11. The van der Waals surface area contributed by atoms with Crippen LogP contribution in [0, 0.1) is 0 Å². The van der Waals surface area contributed by atoms with Crippen LogP contribution in [-0.2, 0) is 13.0 Å². The van der Waals surface area contributed by atoms with Gasteiger partial charge >= 0.3 is 0 Å². The van der Waals surface area contributed by atoms with Crippen LogP contribution in [0.25, 0.3) is 0 Å². The van der Waals surface area contributed by atoms with Crippen LogP contribution in [0.3, 0.4) is 0 Å². The van der Waals surface area contributed by atoms with Gasteiger partial charge in [0.1, 0.15) is 0 Å². The number of aryl methyl sites for hydroxylation is 1. The Kier molecular flexibility index (Phi) is 4.99. The minimum Gasteiger partial charge on any atom is -0.370 e. The summed E-state index contributed by atoms with van der Waals surface area (Å²) in [6, 6.07) is 12.3. The minimum absolute atomic E-state index is 0.439. The van der Waals surface area contributed by atoms with Gasteiger partial charge in [0, 0.05) is 10.6 Å². The fraction of sp³-hybridized carbons (Fsp3) is 0.214. The number of anilines is 1. The Morgan fingerprint density at radius 1 is 1.26 bits per heavy atom. The van der Waals surface area contributed by atoms with E-state index in [9.17, 15) is 0 Å². The maximum absolute atomic E-state index is 5.86. The van der Waals surface area contributed by atoms with Crippen molar-refractivity contribution in [1.29, 1.82) is 0 Å². The van der Waals surface area contributed by atoms with E-state index in [1.54, 1.807) is 11.3 Å². The third-order valence-corrected chi connectivity index (χ3v) is 4.28. The molecule has 0 unspecified atom stereocenters. The number of nitrogens with two attached hydrogens (primary N) is 1. The number of hydrogen-bond donors (Lipinski definition) is 2. The second kappa shape index (κ2) is 6.73.